The average Bonchev–Trinajstić information content (AvgIpc) is 2.90. The minimum atomic E-state index is -0.559. The number of anilines is 1. The number of carbonyl (C=O) groups excluding carboxylic acids is 1. The van der Waals surface area contributed by atoms with Crippen LogP contribution in [0.2, 0.25) is 0 Å². The van der Waals surface area contributed by atoms with E-state index < -0.39 is 5.82 Å². The molecule has 4 nitrogen and oxygen atoms in total. The summed E-state index contributed by atoms with van der Waals surface area (Å²) in [6.45, 7) is 0.492. The fourth-order valence-electron chi connectivity index (χ4n) is 2.62. The average molecular weight is 345 g/mol. The summed E-state index contributed by atoms with van der Waals surface area (Å²) in [6, 6.07) is 2.50. The monoisotopic (exact) mass is 344 g/mol. The Kier molecular flexibility index (Phi) is 4.65. The first-order chi connectivity index (χ1) is 9.47. The van der Waals surface area contributed by atoms with Crippen molar-refractivity contribution in [1.29, 1.82) is 0 Å². The SMILES string of the molecule is Nc1cc(C(=O)NCC2(CO)CCCC2)c(Br)cc1F. The molecular weight excluding hydrogens is 327 g/mol. The van der Waals surface area contributed by atoms with Crippen molar-refractivity contribution in [2.45, 2.75) is 25.7 Å². The fraction of sp³-hybridized carbons (Fsp3) is 0.500. The minimum Gasteiger partial charge on any atom is -0.396 e. The van der Waals surface area contributed by atoms with Gasteiger partial charge in [-0.15, -0.1) is 0 Å². The summed E-state index contributed by atoms with van der Waals surface area (Å²) in [5, 5.41) is 12.3. The van der Waals surface area contributed by atoms with Crippen molar-refractivity contribution in [3.8, 4) is 0 Å². The van der Waals surface area contributed by atoms with Crippen molar-refractivity contribution in [1.82, 2.24) is 5.32 Å². The molecule has 1 aromatic rings. The Bertz CT molecular complexity index is 516. The number of amides is 1. The van der Waals surface area contributed by atoms with Gasteiger partial charge >= 0.3 is 0 Å². The quantitative estimate of drug-likeness (QED) is 0.734. The first kappa shape index (κ1) is 15.3. The molecule has 2 rings (SSSR count). The number of nitrogens with one attached hydrogen (secondary N) is 1. The van der Waals surface area contributed by atoms with Crippen molar-refractivity contribution in [2.24, 2.45) is 5.41 Å². The Hall–Kier alpha value is -1.14. The molecule has 0 bridgehead atoms. The summed E-state index contributed by atoms with van der Waals surface area (Å²) >= 11 is 3.16. The molecule has 0 radical (unpaired) electrons. The van der Waals surface area contributed by atoms with Crippen LogP contribution in [0.15, 0.2) is 16.6 Å². The molecule has 1 amide bonds. The van der Waals surface area contributed by atoms with Gasteiger partial charge in [-0.05, 0) is 40.9 Å². The van der Waals surface area contributed by atoms with Crippen molar-refractivity contribution in [3.05, 3.63) is 28.0 Å². The van der Waals surface area contributed by atoms with Gasteiger partial charge in [-0.3, -0.25) is 4.79 Å². The minimum absolute atomic E-state index is 0.0592. The van der Waals surface area contributed by atoms with Gasteiger partial charge in [-0.2, -0.15) is 0 Å². The molecule has 6 heteroatoms. The van der Waals surface area contributed by atoms with Crippen LogP contribution >= 0.6 is 15.9 Å². The number of carbonyl (C=O) groups is 1. The number of hydrogen-bond donors (Lipinski definition) is 3. The second-order valence-corrected chi connectivity index (χ2v) is 6.26. The van der Waals surface area contributed by atoms with Crippen LogP contribution in [0, 0.1) is 11.2 Å². The zero-order valence-corrected chi connectivity index (χ0v) is 12.7. The highest BCUT2D eigenvalue weighted by Crippen LogP contribution is 2.37. The molecule has 0 heterocycles. The maximum atomic E-state index is 13.3. The van der Waals surface area contributed by atoms with E-state index in [4.69, 9.17) is 5.73 Å². The Morgan fingerprint density at radius 3 is 2.70 bits per heavy atom. The molecule has 1 aliphatic rings. The molecule has 1 aliphatic carbocycles. The zero-order chi connectivity index (χ0) is 14.8. The lowest BCUT2D eigenvalue weighted by Crippen LogP contribution is -2.38. The molecule has 0 aliphatic heterocycles. The van der Waals surface area contributed by atoms with Crippen molar-refractivity contribution in [2.75, 3.05) is 18.9 Å². The predicted octanol–water partition coefficient (Wildman–Crippen LogP) is 2.45. The molecule has 0 saturated heterocycles. The Balaban J connectivity index is 2.07. The molecule has 20 heavy (non-hydrogen) atoms. The van der Waals surface area contributed by atoms with E-state index in [2.05, 4.69) is 21.2 Å². The van der Waals surface area contributed by atoms with Gasteiger partial charge in [-0.25, -0.2) is 4.39 Å². The standard InChI is InChI=1S/C14H18BrFN2O2/c15-10-6-11(16)12(17)5-9(10)13(20)18-7-14(8-19)3-1-2-4-14/h5-6,19H,1-4,7-8,17H2,(H,18,20). The fourth-order valence-corrected chi connectivity index (χ4v) is 3.11. The van der Waals surface area contributed by atoms with Gasteiger partial charge in [0.1, 0.15) is 5.82 Å². The maximum Gasteiger partial charge on any atom is 0.252 e. The highest BCUT2D eigenvalue weighted by molar-refractivity contribution is 9.10. The number of benzene rings is 1. The molecule has 0 atom stereocenters. The van der Waals surface area contributed by atoms with Crippen LogP contribution < -0.4 is 11.1 Å². The second kappa shape index (κ2) is 6.10. The number of nitrogen functional groups attached to an aromatic ring is 1. The topological polar surface area (TPSA) is 75.4 Å². The number of hydrogen-bond acceptors (Lipinski definition) is 3. The lowest BCUT2D eigenvalue weighted by Gasteiger charge is -2.26. The van der Waals surface area contributed by atoms with Crippen LogP contribution in [0.4, 0.5) is 10.1 Å². The van der Waals surface area contributed by atoms with Crippen molar-refractivity contribution < 1.29 is 14.3 Å². The first-order valence-electron chi connectivity index (χ1n) is 6.61. The first-order valence-corrected chi connectivity index (χ1v) is 7.40. The molecule has 110 valence electrons. The van der Waals surface area contributed by atoms with E-state index in [0.717, 1.165) is 25.7 Å². The molecule has 1 saturated carbocycles. The third kappa shape index (κ3) is 3.12. The van der Waals surface area contributed by atoms with E-state index in [0.29, 0.717) is 16.6 Å². The molecular formula is C14H18BrFN2O2. The lowest BCUT2D eigenvalue weighted by atomic mass is 9.87. The molecule has 0 spiro atoms. The molecule has 0 aromatic heterocycles. The number of halogens is 2. The van der Waals surface area contributed by atoms with Crippen LogP contribution in [0.3, 0.4) is 0 Å². The van der Waals surface area contributed by atoms with Gasteiger partial charge in [-0.1, -0.05) is 12.8 Å². The highest BCUT2D eigenvalue weighted by Gasteiger charge is 2.33. The number of aliphatic hydroxyl groups excluding tert-OH is 1. The van der Waals surface area contributed by atoms with E-state index >= 15 is 0 Å². The summed E-state index contributed by atoms with van der Waals surface area (Å²) < 4.78 is 13.6. The van der Waals surface area contributed by atoms with E-state index in [9.17, 15) is 14.3 Å². The number of aliphatic hydroxyl groups is 1. The van der Waals surface area contributed by atoms with Gasteiger partial charge in [0.25, 0.3) is 5.91 Å². The van der Waals surface area contributed by atoms with Crippen molar-refractivity contribution >= 4 is 27.5 Å². The van der Waals surface area contributed by atoms with Crippen molar-refractivity contribution in [3.63, 3.8) is 0 Å². The molecule has 1 aromatic carbocycles. The Morgan fingerprint density at radius 1 is 1.45 bits per heavy atom. The largest absolute Gasteiger partial charge is 0.396 e. The van der Waals surface area contributed by atoms with Crippen LogP contribution in [0.5, 0.6) is 0 Å². The van der Waals surface area contributed by atoms with Crippen LogP contribution in [0.1, 0.15) is 36.0 Å². The van der Waals surface area contributed by atoms with Gasteiger partial charge in [0.2, 0.25) is 0 Å². The van der Waals surface area contributed by atoms with E-state index in [1.807, 2.05) is 0 Å². The normalized spacial score (nSPS) is 17.1. The highest BCUT2D eigenvalue weighted by atomic mass is 79.9. The van der Waals surface area contributed by atoms with E-state index in [1.54, 1.807) is 0 Å². The smallest absolute Gasteiger partial charge is 0.252 e. The second-order valence-electron chi connectivity index (χ2n) is 5.40. The lowest BCUT2D eigenvalue weighted by molar-refractivity contribution is 0.0880. The Morgan fingerprint density at radius 2 is 2.10 bits per heavy atom. The van der Waals surface area contributed by atoms with Gasteiger partial charge in [0.05, 0.1) is 17.9 Å². The zero-order valence-electron chi connectivity index (χ0n) is 11.1. The van der Waals surface area contributed by atoms with Crippen LogP contribution in [-0.4, -0.2) is 24.2 Å². The summed E-state index contributed by atoms with van der Waals surface area (Å²) in [6.07, 6.45) is 3.97. The predicted molar refractivity (Wildman–Crippen MR) is 78.8 cm³/mol. The van der Waals surface area contributed by atoms with Gasteiger partial charge < -0.3 is 16.2 Å². The summed E-state index contributed by atoms with van der Waals surface area (Å²) in [4.78, 5) is 12.1. The molecule has 0 unspecified atom stereocenters. The number of rotatable bonds is 4. The van der Waals surface area contributed by atoms with Gasteiger partial charge in [0.15, 0.2) is 0 Å². The molecule has 4 N–H and O–H groups in total. The third-order valence-corrected chi connectivity index (χ3v) is 4.61. The maximum absolute atomic E-state index is 13.3. The van der Waals surface area contributed by atoms with Gasteiger partial charge in [0, 0.05) is 16.4 Å². The van der Waals surface area contributed by atoms with Crippen LogP contribution in [-0.2, 0) is 0 Å². The van der Waals surface area contributed by atoms with E-state index in [1.165, 1.54) is 12.1 Å². The summed E-state index contributed by atoms with van der Waals surface area (Å²) in [5.74, 6) is -0.876. The summed E-state index contributed by atoms with van der Waals surface area (Å²) in [7, 11) is 0. The van der Waals surface area contributed by atoms with E-state index in [-0.39, 0.29) is 23.6 Å². The Labute approximate surface area is 125 Å². The molecule has 1 fully saturated rings. The number of nitrogens with two attached hydrogens (primary N) is 1. The summed E-state index contributed by atoms with van der Waals surface area (Å²) in [5.41, 5.74) is 5.51. The van der Waals surface area contributed by atoms with Crippen LogP contribution in [0.25, 0.3) is 0 Å². The third-order valence-electron chi connectivity index (χ3n) is 3.95.